The molecule has 0 fully saturated rings. The lowest BCUT2D eigenvalue weighted by Crippen LogP contribution is -2.22. The largest absolute Gasteiger partial charge is 0.292 e. The minimum Gasteiger partial charge on any atom is -0.292 e. The van der Waals surface area contributed by atoms with Crippen molar-refractivity contribution in [1.82, 2.24) is 5.43 Å². The number of benzene rings is 1. The molecule has 0 unspecified atom stereocenters. The normalized spacial score (nSPS) is 17.4. The fourth-order valence-corrected chi connectivity index (χ4v) is 1.70. The summed E-state index contributed by atoms with van der Waals surface area (Å²) in [6, 6.07) is 6.08. The molecule has 1 aromatic rings. The van der Waals surface area contributed by atoms with Gasteiger partial charge in [-0.15, -0.1) is 0 Å². The first-order chi connectivity index (χ1) is 8.90. The molecule has 98 valence electrons. The zero-order chi connectivity index (χ0) is 14.0. The number of hydrogen-bond donors (Lipinski definition) is 1. The first-order valence-corrected chi connectivity index (χ1v) is 5.71. The van der Waals surface area contributed by atoms with Crippen LogP contribution in [0.3, 0.4) is 0 Å². The van der Waals surface area contributed by atoms with Gasteiger partial charge in [-0.25, -0.2) is 0 Å². The molecule has 1 aromatic carbocycles. The molecule has 1 aliphatic rings. The topological polar surface area (TPSA) is 84.6 Å². The van der Waals surface area contributed by atoms with Crippen molar-refractivity contribution in [3.8, 4) is 0 Å². The van der Waals surface area contributed by atoms with Gasteiger partial charge in [-0.2, -0.15) is 5.10 Å². The molecule has 0 radical (unpaired) electrons. The van der Waals surface area contributed by atoms with Crippen LogP contribution in [0.25, 0.3) is 5.70 Å². The van der Waals surface area contributed by atoms with Crippen LogP contribution in [0.4, 0.5) is 5.69 Å². The molecule has 0 amide bonds. The predicted molar refractivity (Wildman–Crippen MR) is 71.5 cm³/mol. The summed E-state index contributed by atoms with van der Waals surface area (Å²) in [4.78, 5) is 21.9. The van der Waals surface area contributed by atoms with Gasteiger partial charge in [0.2, 0.25) is 0 Å². The SMILES string of the molecule is CC1(C)C=C(c2ccc([N+](=O)[O-])cc2)NN=CC1=O. The molecule has 6 heteroatoms. The van der Waals surface area contributed by atoms with Crippen LogP contribution < -0.4 is 5.43 Å². The van der Waals surface area contributed by atoms with Crippen LogP contribution in [0, 0.1) is 15.5 Å². The Morgan fingerprint density at radius 2 is 1.89 bits per heavy atom. The number of non-ortho nitro benzene ring substituents is 1. The highest BCUT2D eigenvalue weighted by Crippen LogP contribution is 2.26. The van der Waals surface area contributed by atoms with E-state index < -0.39 is 10.3 Å². The number of rotatable bonds is 2. The lowest BCUT2D eigenvalue weighted by atomic mass is 9.87. The Morgan fingerprint density at radius 3 is 2.47 bits per heavy atom. The number of allylic oxidation sites excluding steroid dienone is 1. The van der Waals surface area contributed by atoms with Crippen LogP contribution in [0.1, 0.15) is 19.4 Å². The number of ketones is 1. The van der Waals surface area contributed by atoms with Gasteiger partial charge in [-0.05, 0) is 37.6 Å². The van der Waals surface area contributed by atoms with Gasteiger partial charge >= 0.3 is 0 Å². The van der Waals surface area contributed by atoms with Crippen LogP contribution in [0.15, 0.2) is 35.4 Å². The van der Waals surface area contributed by atoms with Crippen molar-refractivity contribution in [2.24, 2.45) is 10.5 Å². The molecular weight excluding hydrogens is 246 g/mol. The van der Waals surface area contributed by atoms with E-state index in [-0.39, 0.29) is 11.5 Å². The van der Waals surface area contributed by atoms with Crippen LogP contribution in [-0.2, 0) is 4.79 Å². The fraction of sp³-hybridized carbons (Fsp3) is 0.231. The minimum absolute atomic E-state index is 0.0248. The van der Waals surface area contributed by atoms with Crippen molar-refractivity contribution in [3.63, 3.8) is 0 Å². The number of carbonyl (C=O) groups excluding carboxylic acids is 1. The third-order valence-corrected chi connectivity index (χ3v) is 2.90. The average Bonchev–Trinajstić information content (AvgIpc) is 2.49. The number of carbonyl (C=O) groups is 1. The summed E-state index contributed by atoms with van der Waals surface area (Å²) in [5, 5.41) is 14.4. The molecule has 0 spiro atoms. The summed E-state index contributed by atoms with van der Waals surface area (Å²) in [5.74, 6) is -0.100. The molecule has 1 N–H and O–H groups in total. The molecule has 2 rings (SSSR count). The molecule has 0 bridgehead atoms. The summed E-state index contributed by atoms with van der Waals surface area (Å²) in [7, 11) is 0. The number of hydrazone groups is 1. The van der Waals surface area contributed by atoms with Gasteiger partial charge in [0.1, 0.15) is 0 Å². The van der Waals surface area contributed by atoms with Crippen molar-refractivity contribution >= 4 is 23.4 Å². The smallest absolute Gasteiger partial charge is 0.269 e. The lowest BCUT2D eigenvalue weighted by Gasteiger charge is -2.15. The Kier molecular flexibility index (Phi) is 3.16. The molecule has 0 aliphatic carbocycles. The van der Waals surface area contributed by atoms with E-state index in [1.165, 1.54) is 18.3 Å². The van der Waals surface area contributed by atoms with Gasteiger partial charge in [0.05, 0.1) is 16.8 Å². The Hall–Kier alpha value is -2.50. The zero-order valence-corrected chi connectivity index (χ0v) is 10.6. The molecule has 6 nitrogen and oxygen atoms in total. The highest BCUT2D eigenvalue weighted by Gasteiger charge is 2.26. The Balaban J connectivity index is 2.38. The summed E-state index contributed by atoms with van der Waals surface area (Å²) < 4.78 is 0. The first kappa shape index (κ1) is 12.9. The second-order valence-corrected chi connectivity index (χ2v) is 4.82. The first-order valence-electron chi connectivity index (χ1n) is 5.71. The van der Waals surface area contributed by atoms with E-state index in [1.807, 2.05) is 0 Å². The Labute approximate surface area is 110 Å². The monoisotopic (exact) mass is 259 g/mol. The summed E-state index contributed by atoms with van der Waals surface area (Å²) >= 11 is 0. The number of Topliss-reactive ketones (excluding diaryl/α,β-unsaturated/α-hetero) is 1. The van der Waals surface area contributed by atoms with E-state index in [4.69, 9.17) is 0 Å². The van der Waals surface area contributed by atoms with Crippen LogP contribution >= 0.6 is 0 Å². The van der Waals surface area contributed by atoms with Crippen LogP contribution in [0.5, 0.6) is 0 Å². The fourth-order valence-electron chi connectivity index (χ4n) is 1.70. The molecule has 0 saturated carbocycles. The standard InChI is InChI=1S/C13H13N3O3/c1-13(2)7-11(15-14-8-12(13)17)9-3-5-10(6-4-9)16(18)19/h3-8,15H,1-2H3. The quantitative estimate of drug-likeness (QED) is 0.651. The number of nitrogens with zero attached hydrogens (tertiary/aromatic N) is 2. The lowest BCUT2D eigenvalue weighted by molar-refractivity contribution is -0.384. The maximum Gasteiger partial charge on any atom is 0.269 e. The van der Waals surface area contributed by atoms with E-state index in [0.29, 0.717) is 5.70 Å². The van der Waals surface area contributed by atoms with E-state index in [0.717, 1.165) is 5.56 Å². The number of hydrogen-bond acceptors (Lipinski definition) is 5. The third-order valence-electron chi connectivity index (χ3n) is 2.90. The molecular formula is C13H13N3O3. The van der Waals surface area contributed by atoms with E-state index in [1.54, 1.807) is 32.1 Å². The number of nitro benzene ring substituents is 1. The highest BCUT2D eigenvalue weighted by molar-refractivity contribution is 6.30. The average molecular weight is 259 g/mol. The highest BCUT2D eigenvalue weighted by atomic mass is 16.6. The van der Waals surface area contributed by atoms with Crippen LogP contribution in [0.2, 0.25) is 0 Å². The predicted octanol–water partition coefficient (Wildman–Crippen LogP) is 2.12. The molecule has 1 aliphatic heterocycles. The van der Waals surface area contributed by atoms with Crippen LogP contribution in [-0.4, -0.2) is 16.9 Å². The van der Waals surface area contributed by atoms with Crippen molar-refractivity contribution in [1.29, 1.82) is 0 Å². The van der Waals surface area contributed by atoms with E-state index >= 15 is 0 Å². The second-order valence-electron chi connectivity index (χ2n) is 4.82. The van der Waals surface area contributed by atoms with E-state index in [9.17, 15) is 14.9 Å². The van der Waals surface area contributed by atoms with Crippen molar-refractivity contribution in [3.05, 3.63) is 46.0 Å². The molecule has 0 saturated heterocycles. The second kappa shape index (κ2) is 4.64. The van der Waals surface area contributed by atoms with Crippen molar-refractivity contribution < 1.29 is 9.72 Å². The van der Waals surface area contributed by atoms with Gasteiger partial charge in [0.25, 0.3) is 5.69 Å². The van der Waals surface area contributed by atoms with Crippen molar-refractivity contribution in [2.75, 3.05) is 0 Å². The van der Waals surface area contributed by atoms with Gasteiger partial charge in [0, 0.05) is 17.5 Å². The maximum atomic E-state index is 11.7. The maximum absolute atomic E-state index is 11.7. The minimum atomic E-state index is -0.663. The van der Waals surface area contributed by atoms with E-state index in [2.05, 4.69) is 10.5 Å². The summed E-state index contributed by atoms with van der Waals surface area (Å²) in [6.45, 7) is 3.58. The van der Waals surface area contributed by atoms with Crippen molar-refractivity contribution in [2.45, 2.75) is 13.8 Å². The number of nitrogens with one attached hydrogen (secondary N) is 1. The Bertz CT molecular complexity index is 586. The molecule has 0 aromatic heterocycles. The molecule has 19 heavy (non-hydrogen) atoms. The molecule has 1 heterocycles. The zero-order valence-electron chi connectivity index (χ0n) is 10.6. The van der Waals surface area contributed by atoms with Gasteiger partial charge in [-0.1, -0.05) is 0 Å². The van der Waals surface area contributed by atoms with Gasteiger partial charge in [0.15, 0.2) is 5.78 Å². The summed E-state index contributed by atoms with van der Waals surface area (Å²) in [5.41, 5.74) is 3.53. The third kappa shape index (κ3) is 2.67. The van der Waals surface area contributed by atoms with Gasteiger partial charge < -0.3 is 0 Å². The Morgan fingerprint density at radius 1 is 1.26 bits per heavy atom. The molecule has 0 atom stereocenters. The summed E-state index contributed by atoms with van der Waals surface area (Å²) in [6.07, 6.45) is 3.01. The number of nitro groups is 1. The van der Waals surface area contributed by atoms with Gasteiger partial charge in [-0.3, -0.25) is 20.3 Å².